The minimum atomic E-state index is -0.231. The number of hydrogen-bond donors (Lipinski definition) is 1. The van der Waals surface area contributed by atoms with Crippen molar-refractivity contribution in [3.05, 3.63) is 64.9 Å². The van der Waals surface area contributed by atoms with Crippen LogP contribution in [0, 0.1) is 13.8 Å². The van der Waals surface area contributed by atoms with Crippen molar-refractivity contribution >= 4 is 28.5 Å². The Morgan fingerprint density at radius 1 is 1.22 bits per heavy atom. The lowest BCUT2D eigenvalue weighted by atomic mass is 10.1. The number of amides is 1. The van der Waals surface area contributed by atoms with E-state index < -0.39 is 0 Å². The number of carbonyl (C=O) groups is 1. The number of aromatic nitrogens is 1. The summed E-state index contributed by atoms with van der Waals surface area (Å²) in [6, 6.07) is 11.7. The Balaban J connectivity index is 1.73. The fraction of sp³-hybridized carbons (Fsp3) is 0.111. The second kappa shape index (κ2) is 6.62. The van der Waals surface area contributed by atoms with E-state index in [1.54, 1.807) is 24.5 Å². The van der Waals surface area contributed by atoms with Crippen LogP contribution in [-0.4, -0.2) is 10.9 Å². The van der Waals surface area contributed by atoms with E-state index >= 15 is 0 Å². The van der Waals surface area contributed by atoms with Gasteiger partial charge in [0.15, 0.2) is 5.13 Å². The van der Waals surface area contributed by atoms with Crippen molar-refractivity contribution in [1.29, 1.82) is 0 Å². The molecule has 0 aliphatic carbocycles. The van der Waals surface area contributed by atoms with Crippen LogP contribution < -0.4 is 5.32 Å². The van der Waals surface area contributed by atoms with Gasteiger partial charge in [-0.1, -0.05) is 29.8 Å². The first-order chi connectivity index (χ1) is 11.1. The molecule has 2 heterocycles. The first kappa shape index (κ1) is 15.2. The highest BCUT2D eigenvalue weighted by Crippen LogP contribution is 2.30. The molecule has 0 atom stereocenters. The summed E-state index contributed by atoms with van der Waals surface area (Å²) in [6.45, 7) is 4.05. The smallest absolute Gasteiger partial charge is 0.250 e. The molecule has 0 radical (unpaired) electrons. The number of anilines is 1. The molecule has 3 aromatic rings. The van der Waals surface area contributed by atoms with E-state index in [0.717, 1.165) is 16.1 Å². The summed E-state index contributed by atoms with van der Waals surface area (Å²) < 4.78 is 5.14. The largest absolute Gasteiger partial charge is 0.465 e. The summed E-state index contributed by atoms with van der Waals surface area (Å²) in [6.07, 6.45) is 4.62. The van der Waals surface area contributed by atoms with Gasteiger partial charge in [-0.25, -0.2) is 4.98 Å². The van der Waals surface area contributed by atoms with Crippen LogP contribution in [-0.2, 0) is 4.79 Å². The molecule has 0 saturated heterocycles. The van der Waals surface area contributed by atoms with Crippen LogP contribution in [0.4, 0.5) is 5.13 Å². The third kappa shape index (κ3) is 3.76. The van der Waals surface area contributed by atoms with Crippen molar-refractivity contribution in [2.45, 2.75) is 13.8 Å². The summed E-state index contributed by atoms with van der Waals surface area (Å²) in [4.78, 5) is 17.5. The Hall–Kier alpha value is -2.66. The van der Waals surface area contributed by atoms with Crippen molar-refractivity contribution in [2.75, 3.05) is 5.32 Å². The fourth-order valence-corrected chi connectivity index (χ4v) is 2.96. The zero-order valence-corrected chi connectivity index (χ0v) is 13.7. The summed E-state index contributed by atoms with van der Waals surface area (Å²) in [5.41, 5.74) is 3.16. The van der Waals surface area contributed by atoms with E-state index in [-0.39, 0.29) is 5.91 Å². The van der Waals surface area contributed by atoms with Gasteiger partial charge in [-0.15, -0.1) is 11.3 Å². The number of aryl methyl sites for hydroxylation is 2. The van der Waals surface area contributed by atoms with Crippen LogP contribution in [0.5, 0.6) is 0 Å². The summed E-state index contributed by atoms with van der Waals surface area (Å²) in [7, 11) is 0. The number of furan rings is 1. The average Bonchev–Trinajstić information content (AvgIpc) is 3.16. The molecule has 0 aliphatic heterocycles. The summed E-state index contributed by atoms with van der Waals surface area (Å²) >= 11 is 1.46. The van der Waals surface area contributed by atoms with Gasteiger partial charge in [-0.05, 0) is 32.1 Å². The molecule has 4 nitrogen and oxygen atoms in total. The summed E-state index contributed by atoms with van der Waals surface area (Å²) in [5, 5.41) is 3.38. The van der Waals surface area contributed by atoms with Gasteiger partial charge in [0.2, 0.25) is 5.91 Å². The van der Waals surface area contributed by atoms with Gasteiger partial charge in [0, 0.05) is 16.5 Å². The lowest BCUT2D eigenvalue weighted by Crippen LogP contribution is -2.07. The number of rotatable bonds is 4. The number of thiazole rings is 1. The third-order valence-corrected chi connectivity index (χ3v) is 4.18. The van der Waals surface area contributed by atoms with Crippen molar-refractivity contribution in [3.8, 4) is 11.3 Å². The second-order valence-electron chi connectivity index (χ2n) is 5.13. The predicted octanol–water partition coefficient (Wildman–Crippen LogP) is 4.67. The van der Waals surface area contributed by atoms with Gasteiger partial charge in [-0.2, -0.15) is 0 Å². The van der Waals surface area contributed by atoms with Crippen LogP contribution in [0.3, 0.4) is 0 Å². The summed E-state index contributed by atoms with van der Waals surface area (Å²) in [5.74, 6) is 0.404. The lowest BCUT2D eigenvalue weighted by molar-refractivity contribution is -0.111. The topological polar surface area (TPSA) is 55.1 Å². The Kier molecular flexibility index (Phi) is 4.39. The highest BCUT2D eigenvalue weighted by atomic mass is 32.1. The Bertz CT molecular complexity index is 831. The zero-order valence-electron chi connectivity index (χ0n) is 12.9. The van der Waals surface area contributed by atoms with Gasteiger partial charge in [0.05, 0.1) is 12.0 Å². The van der Waals surface area contributed by atoms with Crippen LogP contribution >= 0.6 is 11.3 Å². The minimum absolute atomic E-state index is 0.231. The maximum atomic E-state index is 11.9. The Morgan fingerprint density at radius 3 is 2.70 bits per heavy atom. The Labute approximate surface area is 138 Å². The van der Waals surface area contributed by atoms with Gasteiger partial charge in [0.25, 0.3) is 0 Å². The molecule has 5 heteroatoms. The molecule has 0 unspecified atom stereocenters. The Morgan fingerprint density at radius 2 is 2.00 bits per heavy atom. The van der Waals surface area contributed by atoms with Gasteiger partial charge >= 0.3 is 0 Å². The molecule has 0 aliphatic rings. The zero-order chi connectivity index (χ0) is 16.2. The highest BCUT2D eigenvalue weighted by molar-refractivity contribution is 7.16. The SMILES string of the molecule is Cc1ccc(-c2nc(NC(=O)/C=C/c3ccco3)sc2C)cc1. The van der Waals surface area contributed by atoms with Gasteiger partial charge < -0.3 is 4.42 Å². The van der Waals surface area contributed by atoms with E-state index in [4.69, 9.17) is 4.42 Å². The molecule has 0 fully saturated rings. The maximum absolute atomic E-state index is 11.9. The molecule has 0 saturated carbocycles. The van der Waals surface area contributed by atoms with E-state index in [0.29, 0.717) is 10.9 Å². The monoisotopic (exact) mass is 324 g/mol. The van der Waals surface area contributed by atoms with Crippen molar-refractivity contribution in [2.24, 2.45) is 0 Å². The molecule has 0 bridgehead atoms. The number of hydrogen-bond acceptors (Lipinski definition) is 4. The molecule has 1 aromatic carbocycles. The van der Waals surface area contributed by atoms with Crippen molar-refractivity contribution in [1.82, 2.24) is 4.98 Å². The molecule has 116 valence electrons. The maximum Gasteiger partial charge on any atom is 0.250 e. The molecular formula is C18H16N2O2S. The van der Waals surface area contributed by atoms with E-state index in [9.17, 15) is 4.79 Å². The van der Waals surface area contributed by atoms with E-state index in [1.807, 2.05) is 19.1 Å². The first-order valence-electron chi connectivity index (χ1n) is 7.19. The van der Waals surface area contributed by atoms with Crippen LogP contribution in [0.25, 0.3) is 17.3 Å². The molecule has 3 rings (SSSR count). The molecule has 0 spiro atoms. The predicted molar refractivity (Wildman–Crippen MR) is 93.4 cm³/mol. The number of nitrogens with zero attached hydrogens (tertiary/aromatic N) is 1. The number of benzene rings is 1. The van der Waals surface area contributed by atoms with Gasteiger partial charge in [-0.3, -0.25) is 10.1 Å². The van der Waals surface area contributed by atoms with Crippen molar-refractivity contribution < 1.29 is 9.21 Å². The van der Waals surface area contributed by atoms with E-state index in [1.165, 1.54) is 23.0 Å². The third-order valence-electron chi connectivity index (χ3n) is 3.29. The van der Waals surface area contributed by atoms with E-state index in [2.05, 4.69) is 29.4 Å². The second-order valence-corrected chi connectivity index (χ2v) is 6.33. The molecule has 23 heavy (non-hydrogen) atoms. The van der Waals surface area contributed by atoms with Crippen LogP contribution in [0.15, 0.2) is 53.2 Å². The fourth-order valence-electron chi connectivity index (χ4n) is 2.12. The molecule has 1 amide bonds. The molecule has 1 N–H and O–H groups in total. The highest BCUT2D eigenvalue weighted by Gasteiger charge is 2.11. The standard InChI is InChI=1S/C18H16N2O2S/c1-12-5-7-14(8-6-12)17-13(2)23-18(20-17)19-16(21)10-9-15-4-3-11-22-15/h3-11H,1-2H3,(H,19,20,21)/b10-9+. The van der Waals surface area contributed by atoms with Gasteiger partial charge in [0.1, 0.15) is 5.76 Å². The number of carbonyl (C=O) groups excluding carboxylic acids is 1. The quantitative estimate of drug-likeness (QED) is 0.709. The average molecular weight is 324 g/mol. The normalized spacial score (nSPS) is 11.0. The first-order valence-corrected chi connectivity index (χ1v) is 8.00. The number of nitrogens with one attached hydrogen (secondary N) is 1. The lowest BCUT2D eigenvalue weighted by Gasteiger charge is -1.99. The van der Waals surface area contributed by atoms with Crippen LogP contribution in [0.1, 0.15) is 16.2 Å². The molecule has 2 aromatic heterocycles. The van der Waals surface area contributed by atoms with Crippen molar-refractivity contribution in [3.63, 3.8) is 0 Å². The van der Waals surface area contributed by atoms with Crippen LogP contribution in [0.2, 0.25) is 0 Å². The minimum Gasteiger partial charge on any atom is -0.465 e. The molecular weight excluding hydrogens is 308 g/mol.